The van der Waals surface area contributed by atoms with Crippen LogP contribution in [0.2, 0.25) is 0 Å². The van der Waals surface area contributed by atoms with E-state index >= 15 is 0 Å². The van der Waals surface area contributed by atoms with Crippen molar-refractivity contribution in [3.05, 3.63) is 65.1 Å². The summed E-state index contributed by atoms with van der Waals surface area (Å²) in [5.41, 5.74) is 7.63. The number of hydrogen-bond acceptors (Lipinski definition) is 4. The van der Waals surface area contributed by atoms with Gasteiger partial charge in [-0.15, -0.1) is 0 Å². The van der Waals surface area contributed by atoms with Crippen LogP contribution < -0.4 is 4.74 Å². The lowest BCUT2D eigenvalue weighted by Crippen LogP contribution is -2.29. The molecule has 0 amide bonds. The summed E-state index contributed by atoms with van der Waals surface area (Å²) in [6.45, 7) is 5.14. The zero-order valence-electron chi connectivity index (χ0n) is 17.6. The third-order valence-corrected chi connectivity index (χ3v) is 6.36. The zero-order chi connectivity index (χ0) is 21.1. The van der Waals surface area contributed by atoms with Gasteiger partial charge < -0.3 is 14.4 Å². The number of fused-ring (bicyclic) bond motifs is 8. The predicted octanol–water partition coefficient (Wildman–Crippen LogP) is 5.73. The Morgan fingerprint density at radius 1 is 1.26 bits per heavy atom. The van der Waals surface area contributed by atoms with Crippen molar-refractivity contribution >= 4 is 39.7 Å². The van der Waals surface area contributed by atoms with Gasteiger partial charge in [0.25, 0.3) is 0 Å². The number of ether oxygens (including phenoxy) is 1. The quantitative estimate of drug-likeness (QED) is 0.459. The lowest BCUT2D eigenvalue weighted by Gasteiger charge is -2.31. The molecular formula is C26H23N3O2. The third kappa shape index (κ3) is 2.62. The van der Waals surface area contributed by atoms with Crippen LogP contribution in [0.5, 0.6) is 11.5 Å². The van der Waals surface area contributed by atoms with E-state index < -0.39 is 0 Å². The first-order valence-electron chi connectivity index (χ1n) is 10.8. The maximum atomic E-state index is 9.84. The Morgan fingerprint density at radius 3 is 3.03 bits per heavy atom. The molecule has 0 bridgehead atoms. The summed E-state index contributed by atoms with van der Waals surface area (Å²) < 4.78 is 8.62. The van der Waals surface area contributed by atoms with Gasteiger partial charge >= 0.3 is 0 Å². The molecule has 0 spiro atoms. The van der Waals surface area contributed by atoms with E-state index in [1.54, 1.807) is 12.1 Å². The van der Waals surface area contributed by atoms with Crippen molar-refractivity contribution < 1.29 is 9.84 Å². The molecule has 2 aromatic carbocycles. The molecule has 31 heavy (non-hydrogen) atoms. The molecule has 4 heterocycles. The van der Waals surface area contributed by atoms with Crippen LogP contribution >= 0.6 is 0 Å². The number of hydrogen-bond donors (Lipinski definition) is 1. The monoisotopic (exact) mass is 409 g/mol. The number of phenolic OH excluding ortho intramolecular Hbond substituents is 1. The van der Waals surface area contributed by atoms with Gasteiger partial charge in [-0.25, -0.2) is 4.98 Å². The second kappa shape index (κ2) is 6.71. The molecule has 154 valence electrons. The van der Waals surface area contributed by atoms with E-state index in [0.717, 1.165) is 58.5 Å². The average molecular weight is 409 g/mol. The molecular weight excluding hydrogens is 386 g/mol. The maximum Gasteiger partial charge on any atom is 0.140 e. The van der Waals surface area contributed by atoms with E-state index in [1.807, 2.05) is 18.3 Å². The van der Waals surface area contributed by atoms with Crippen LogP contribution in [0.3, 0.4) is 0 Å². The van der Waals surface area contributed by atoms with Gasteiger partial charge in [0, 0.05) is 47.3 Å². The van der Waals surface area contributed by atoms with Crippen LogP contribution in [-0.2, 0) is 6.54 Å². The van der Waals surface area contributed by atoms with E-state index in [4.69, 9.17) is 9.72 Å². The van der Waals surface area contributed by atoms with Crippen molar-refractivity contribution in [3.8, 4) is 11.5 Å². The minimum absolute atomic E-state index is 0.0567. The van der Waals surface area contributed by atoms with Gasteiger partial charge in [-0.3, -0.25) is 4.98 Å². The minimum Gasteiger partial charge on any atom is -0.508 e. The summed E-state index contributed by atoms with van der Waals surface area (Å²) in [4.78, 5) is 9.84. The number of phenols is 1. The minimum atomic E-state index is -0.0567. The predicted molar refractivity (Wildman–Crippen MR) is 124 cm³/mol. The molecule has 0 fully saturated rings. The average Bonchev–Trinajstić information content (AvgIpc) is 3.18. The molecule has 2 aliphatic heterocycles. The first kappa shape index (κ1) is 18.2. The second-order valence-electron chi connectivity index (χ2n) is 8.25. The Morgan fingerprint density at radius 2 is 2.16 bits per heavy atom. The van der Waals surface area contributed by atoms with Crippen LogP contribution in [0.1, 0.15) is 42.3 Å². The highest BCUT2D eigenvalue weighted by atomic mass is 16.5. The molecule has 2 aromatic heterocycles. The number of allylic oxidation sites excluding steroid dienone is 1. The molecule has 1 N–H and O–H groups in total. The highest BCUT2D eigenvalue weighted by Gasteiger charge is 2.33. The smallest absolute Gasteiger partial charge is 0.140 e. The fraction of sp³-hybridized carbons (Fsp3) is 0.231. The Labute approximate surface area is 180 Å². The Kier molecular flexibility index (Phi) is 3.93. The zero-order valence-corrected chi connectivity index (χ0v) is 17.6. The van der Waals surface area contributed by atoms with Gasteiger partial charge in [0.15, 0.2) is 0 Å². The standard InChI is InChI=1S/C26H23N3O2/c1-3-4-6-18-15(2)23-19(7-5-11-27-23)24-25(18)29-12-10-21-20(26(29)28-24)13-16-8-9-17(30)14-22(16)31-21/h4-9,11,13-14,21,30H,3,10,12H2,1-2H3/b6-4-. The molecule has 1 unspecified atom stereocenters. The Hall–Kier alpha value is -3.60. The fourth-order valence-electron chi connectivity index (χ4n) is 4.88. The van der Waals surface area contributed by atoms with Crippen molar-refractivity contribution in [2.24, 2.45) is 0 Å². The van der Waals surface area contributed by atoms with Crippen LogP contribution in [0.4, 0.5) is 0 Å². The summed E-state index contributed by atoms with van der Waals surface area (Å²) >= 11 is 0. The number of rotatable bonds is 2. The van der Waals surface area contributed by atoms with Crippen molar-refractivity contribution in [3.63, 3.8) is 0 Å². The summed E-state index contributed by atoms with van der Waals surface area (Å²) in [5.74, 6) is 1.92. The summed E-state index contributed by atoms with van der Waals surface area (Å²) in [5, 5.41) is 10.9. The van der Waals surface area contributed by atoms with Crippen LogP contribution in [0, 0.1) is 6.92 Å². The molecule has 6 rings (SSSR count). The maximum absolute atomic E-state index is 9.84. The van der Waals surface area contributed by atoms with E-state index in [-0.39, 0.29) is 11.9 Å². The number of aryl methyl sites for hydroxylation is 2. The summed E-state index contributed by atoms with van der Waals surface area (Å²) in [6.07, 6.45) is 10.2. The first-order chi connectivity index (χ1) is 15.2. The van der Waals surface area contributed by atoms with E-state index in [1.165, 1.54) is 16.6 Å². The van der Waals surface area contributed by atoms with E-state index in [9.17, 15) is 5.11 Å². The van der Waals surface area contributed by atoms with Gasteiger partial charge in [0.1, 0.15) is 23.4 Å². The van der Waals surface area contributed by atoms with Crippen LogP contribution in [0.15, 0.2) is 42.6 Å². The van der Waals surface area contributed by atoms with Crippen molar-refractivity contribution in [1.29, 1.82) is 0 Å². The molecule has 2 aliphatic rings. The molecule has 5 nitrogen and oxygen atoms in total. The van der Waals surface area contributed by atoms with Crippen molar-refractivity contribution in [2.45, 2.75) is 39.3 Å². The van der Waals surface area contributed by atoms with Gasteiger partial charge in [0.05, 0.1) is 16.6 Å². The van der Waals surface area contributed by atoms with Gasteiger partial charge in [-0.05, 0) is 49.2 Å². The van der Waals surface area contributed by atoms with Crippen LogP contribution in [-0.4, -0.2) is 25.7 Å². The van der Waals surface area contributed by atoms with Crippen molar-refractivity contribution in [1.82, 2.24) is 14.5 Å². The third-order valence-electron chi connectivity index (χ3n) is 6.36. The number of pyridine rings is 1. The SMILES string of the molecule is CC/C=C\c1c(C)c2ncccc2c2nc3n(c12)CCC1Oc2cc(O)ccc2C=C31. The fourth-order valence-corrected chi connectivity index (χ4v) is 4.88. The molecule has 5 heteroatoms. The molecule has 1 atom stereocenters. The summed E-state index contributed by atoms with van der Waals surface area (Å²) in [6, 6.07) is 9.38. The van der Waals surface area contributed by atoms with Gasteiger partial charge in [0.2, 0.25) is 0 Å². The van der Waals surface area contributed by atoms with Crippen LogP contribution in [0.25, 0.3) is 39.7 Å². The molecule has 0 saturated carbocycles. The van der Waals surface area contributed by atoms with E-state index in [2.05, 4.69) is 47.7 Å². The molecule has 0 radical (unpaired) electrons. The van der Waals surface area contributed by atoms with Crippen molar-refractivity contribution in [2.75, 3.05) is 0 Å². The lowest BCUT2D eigenvalue weighted by atomic mass is 9.96. The lowest BCUT2D eigenvalue weighted by molar-refractivity contribution is 0.227. The highest BCUT2D eigenvalue weighted by molar-refractivity contribution is 6.09. The van der Waals surface area contributed by atoms with Gasteiger partial charge in [-0.2, -0.15) is 0 Å². The topological polar surface area (TPSA) is 60.2 Å². The summed E-state index contributed by atoms with van der Waals surface area (Å²) in [7, 11) is 0. The number of nitrogens with zero attached hydrogens (tertiary/aromatic N) is 3. The van der Waals surface area contributed by atoms with Gasteiger partial charge in [-0.1, -0.05) is 19.1 Å². The number of aromatic nitrogens is 3. The van der Waals surface area contributed by atoms with E-state index in [0.29, 0.717) is 0 Å². The normalized spacial score (nSPS) is 17.4. The Balaban J connectivity index is 1.67. The highest BCUT2D eigenvalue weighted by Crippen LogP contribution is 2.42. The first-order valence-corrected chi connectivity index (χ1v) is 10.8. The second-order valence-corrected chi connectivity index (χ2v) is 8.25. The number of benzene rings is 2. The molecule has 4 aromatic rings. The molecule has 0 aliphatic carbocycles. The molecule has 0 saturated heterocycles. The number of imidazole rings is 1. The number of aromatic hydroxyl groups is 1. The Bertz CT molecular complexity index is 1430. The largest absolute Gasteiger partial charge is 0.508 e.